The summed E-state index contributed by atoms with van der Waals surface area (Å²) in [7, 11) is 0. The van der Waals surface area contributed by atoms with E-state index in [1.165, 1.54) is 30.8 Å². The Morgan fingerprint density at radius 1 is 1.67 bits per heavy atom. The van der Waals surface area contributed by atoms with Crippen LogP contribution in [0.15, 0.2) is 5.38 Å². The summed E-state index contributed by atoms with van der Waals surface area (Å²) in [4.78, 5) is 12.1. The van der Waals surface area contributed by atoms with Crippen molar-refractivity contribution in [1.82, 2.24) is 14.9 Å². The number of amides is 1. The number of carbonyl (C=O) groups is 1. The maximum atomic E-state index is 11.5. The molecule has 0 aliphatic heterocycles. The first kappa shape index (κ1) is 11.0. The number of nitrogens with one attached hydrogen (secondary N) is 1. The molecule has 0 saturated heterocycles. The van der Waals surface area contributed by atoms with E-state index in [1.54, 1.807) is 5.38 Å². The molecule has 0 aromatic carbocycles. The minimum Gasteiger partial charge on any atom is -0.350 e. The molecule has 0 bridgehead atoms. The van der Waals surface area contributed by atoms with Crippen LogP contribution in [0.4, 0.5) is 0 Å². The molecule has 1 aliphatic carbocycles. The number of alkyl halides is 1. The smallest absolute Gasteiger partial charge is 0.272 e. The Bertz CT molecular complexity index is 330. The van der Waals surface area contributed by atoms with Crippen molar-refractivity contribution in [1.29, 1.82) is 0 Å². The Hall–Kier alpha value is -0.490. The molecule has 1 saturated carbocycles. The third-order valence-corrected chi connectivity index (χ3v) is 4.39. The highest BCUT2D eigenvalue weighted by Crippen LogP contribution is 2.30. The normalized spacial score (nSPS) is 25.4. The second-order valence-corrected chi connectivity index (χ2v) is 5.49. The zero-order valence-electron chi connectivity index (χ0n) is 8.15. The quantitative estimate of drug-likeness (QED) is 0.864. The number of halogens is 1. The lowest BCUT2D eigenvalue weighted by Gasteiger charge is -2.13. The van der Waals surface area contributed by atoms with E-state index in [2.05, 4.69) is 30.8 Å². The molecular formula is C9H12BrN3OS. The highest BCUT2D eigenvalue weighted by molar-refractivity contribution is 9.09. The molecule has 2 atom stereocenters. The second-order valence-electron chi connectivity index (χ2n) is 3.71. The number of rotatable bonds is 3. The fraction of sp³-hybridized carbons (Fsp3) is 0.667. The fourth-order valence-electron chi connectivity index (χ4n) is 1.80. The summed E-state index contributed by atoms with van der Waals surface area (Å²) in [6.07, 6.45) is 3.64. The van der Waals surface area contributed by atoms with Crippen molar-refractivity contribution in [3.63, 3.8) is 0 Å². The number of hydrogen-bond acceptors (Lipinski definition) is 4. The predicted octanol–water partition coefficient (Wildman–Crippen LogP) is 1.83. The van der Waals surface area contributed by atoms with E-state index in [-0.39, 0.29) is 5.91 Å². The number of carbonyl (C=O) groups excluding carboxylic acids is 1. The van der Waals surface area contributed by atoms with Gasteiger partial charge in [0.1, 0.15) is 0 Å². The molecule has 1 amide bonds. The Balaban J connectivity index is 1.81. The zero-order valence-corrected chi connectivity index (χ0v) is 10.6. The number of hydrogen-bond donors (Lipinski definition) is 1. The van der Waals surface area contributed by atoms with Gasteiger partial charge in [0.2, 0.25) is 0 Å². The average molecular weight is 290 g/mol. The van der Waals surface area contributed by atoms with Gasteiger partial charge in [-0.3, -0.25) is 4.79 Å². The van der Waals surface area contributed by atoms with E-state index in [0.717, 1.165) is 6.54 Å². The van der Waals surface area contributed by atoms with Gasteiger partial charge in [-0.25, -0.2) is 0 Å². The summed E-state index contributed by atoms with van der Waals surface area (Å²) >= 11 is 4.82. The molecule has 0 spiro atoms. The van der Waals surface area contributed by atoms with E-state index in [4.69, 9.17) is 0 Å². The van der Waals surface area contributed by atoms with E-state index >= 15 is 0 Å². The van der Waals surface area contributed by atoms with Crippen LogP contribution in [0.2, 0.25) is 0 Å². The van der Waals surface area contributed by atoms with Gasteiger partial charge < -0.3 is 5.32 Å². The van der Waals surface area contributed by atoms with Crippen molar-refractivity contribution < 1.29 is 4.79 Å². The zero-order chi connectivity index (χ0) is 10.7. The Kier molecular flexibility index (Phi) is 3.69. The van der Waals surface area contributed by atoms with Crippen LogP contribution < -0.4 is 5.32 Å². The molecule has 82 valence electrons. The second kappa shape index (κ2) is 5.03. The van der Waals surface area contributed by atoms with Crippen molar-refractivity contribution in [2.75, 3.05) is 6.54 Å². The maximum absolute atomic E-state index is 11.5. The van der Waals surface area contributed by atoms with Crippen molar-refractivity contribution in [2.24, 2.45) is 5.92 Å². The number of aromatic nitrogens is 2. The highest BCUT2D eigenvalue weighted by atomic mass is 79.9. The molecular weight excluding hydrogens is 278 g/mol. The van der Waals surface area contributed by atoms with Crippen LogP contribution in [0.1, 0.15) is 29.8 Å². The minimum absolute atomic E-state index is 0.115. The molecule has 1 aromatic rings. The molecule has 2 rings (SSSR count). The van der Waals surface area contributed by atoms with Gasteiger partial charge in [-0.1, -0.05) is 26.8 Å². The molecule has 1 heterocycles. The summed E-state index contributed by atoms with van der Waals surface area (Å²) in [5, 5.41) is 8.28. The van der Waals surface area contributed by atoms with Gasteiger partial charge in [0.25, 0.3) is 5.91 Å². The average Bonchev–Trinajstić information content (AvgIpc) is 2.85. The van der Waals surface area contributed by atoms with Crippen LogP contribution in [0.5, 0.6) is 0 Å². The van der Waals surface area contributed by atoms with Crippen LogP contribution in [-0.2, 0) is 0 Å². The third-order valence-electron chi connectivity index (χ3n) is 2.68. The van der Waals surface area contributed by atoms with Gasteiger partial charge in [-0.15, -0.1) is 5.10 Å². The first-order valence-corrected chi connectivity index (χ1v) is 6.72. The molecule has 1 aromatic heterocycles. The number of nitrogens with zero attached hydrogens (tertiary/aromatic N) is 2. The minimum atomic E-state index is -0.115. The fourth-order valence-corrected chi connectivity index (χ4v) is 3.01. The Labute approximate surface area is 101 Å². The molecule has 0 radical (unpaired) electrons. The summed E-state index contributed by atoms with van der Waals surface area (Å²) in [6.45, 7) is 0.728. The summed E-state index contributed by atoms with van der Waals surface area (Å²) in [6, 6.07) is 0. The molecule has 2 unspecified atom stereocenters. The largest absolute Gasteiger partial charge is 0.350 e. The Morgan fingerprint density at radius 3 is 3.13 bits per heavy atom. The third kappa shape index (κ3) is 2.75. The van der Waals surface area contributed by atoms with Crippen LogP contribution in [0, 0.1) is 5.92 Å². The van der Waals surface area contributed by atoms with Crippen LogP contribution >= 0.6 is 27.5 Å². The molecule has 15 heavy (non-hydrogen) atoms. The van der Waals surface area contributed by atoms with Crippen LogP contribution in [-0.4, -0.2) is 26.9 Å². The predicted molar refractivity (Wildman–Crippen MR) is 62.3 cm³/mol. The molecule has 1 fully saturated rings. The molecule has 4 nitrogen and oxygen atoms in total. The highest BCUT2D eigenvalue weighted by Gasteiger charge is 2.25. The monoisotopic (exact) mass is 289 g/mol. The van der Waals surface area contributed by atoms with Gasteiger partial charge in [0, 0.05) is 16.8 Å². The maximum Gasteiger partial charge on any atom is 0.272 e. The Morgan fingerprint density at radius 2 is 2.53 bits per heavy atom. The SMILES string of the molecule is O=C(NCC1CCCC1Br)c1csnn1. The van der Waals surface area contributed by atoms with Crippen LogP contribution in [0.25, 0.3) is 0 Å². The first-order chi connectivity index (χ1) is 7.27. The summed E-state index contributed by atoms with van der Waals surface area (Å²) in [5.74, 6) is 0.441. The molecule has 1 aliphatic rings. The van der Waals surface area contributed by atoms with Crippen molar-refractivity contribution >= 4 is 33.4 Å². The summed E-state index contributed by atoms with van der Waals surface area (Å²) in [5.41, 5.74) is 0.420. The van der Waals surface area contributed by atoms with Gasteiger partial charge in [0.05, 0.1) is 0 Å². The van der Waals surface area contributed by atoms with Crippen molar-refractivity contribution in [2.45, 2.75) is 24.1 Å². The topological polar surface area (TPSA) is 54.9 Å². The molecule has 6 heteroatoms. The lowest BCUT2D eigenvalue weighted by atomic mass is 10.1. The lowest BCUT2D eigenvalue weighted by Crippen LogP contribution is -2.31. The van der Waals surface area contributed by atoms with Gasteiger partial charge >= 0.3 is 0 Å². The van der Waals surface area contributed by atoms with Gasteiger partial charge in [-0.2, -0.15) is 0 Å². The molecule has 1 N–H and O–H groups in total. The summed E-state index contributed by atoms with van der Waals surface area (Å²) < 4.78 is 3.66. The van der Waals surface area contributed by atoms with E-state index < -0.39 is 0 Å². The van der Waals surface area contributed by atoms with Gasteiger partial charge in [0.15, 0.2) is 5.69 Å². The van der Waals surface area contributed by atoms with E-state index in [9.17, 15) is 4.79 Å². The lowest BCUT2D eigenvalue weighted by molar-refractivity contribution is 0.0943. The van der Waals surface area contributed by atoms with Crippen molar-refractivity contribution in [3.05, 3.63) is 11.1 Å². The standard InChI is InChI=1S/C9H12BrN3OS/c10-7-3-1-2-6(7)4-11-9(14)8-5-15-13-12-8/h5-7H,1-4H2,(H,11,14). The van der Waals surface area contributed by atoms with Crippen molar-refractivity contribution in [3.8, 4) is 0 Å². The van der Waals surface area contributed by atoms with Gasteiger partial charge in [-0.05, 0) is 30.3 Å². The van der Waals surface area contributed by atoms with E-state index in [1.807, 2.05) is 0 Å². The first-order valence-electron chi connectivity index (χ1n) is 4.96. The van der Waals surface area contributed by atoms with Crippen LogP contribution in [0.3, 0.4) is 0 Å². The van der Waals surface area contributed by atoms with E-state index in [0.29, 0.717) is 16.4 Å².